The van der Waals surface area contributed by atoms with E-state index in [4.69, 9.17) is 9.15 Å². The number of aryl methyl sites for hydroxylation is 2. The molecule has 30 heavy (non-hydrogen) atoms. The molecule has 7 heteroatoms. The van der Waals surface area contributed by atoms with Crippen LogP contribution in [0.3, 0.4) is 0 Å². The topological polar surface area (TPSA) is 93.9 Å². The van der Waals surface area contributed by atoms with Gasteiger partial charge in [-0.25, -0.2) is 9.59 Å². The highest BCUT2D eigenvalue weighted by atomic mass is 16.5. The number of hydrogen-bond acceptors (Lipinski definition) is 6. The number of likely N-dealkylation sites (tertiary alicyclic amines) is 1. The molecule has 0 spiro atoms. The van der Waals surface area contributed by atoms with Crippen molar-refractivity contribution in [3.05, 3.63) is 45.3 Å². The second kappa shape index (κ2) is 7.70. The van der Waals surface area contributed by atoms with Crippen LogP contribution in [-0.4, -0.2) is 28.7 Å². The zero-order valence-electron chi connectivity index (χ0n) is 17.4. The first-order valence-corrected chi connectivity index (χ1v) is 10.4. The van der Waals surface area contributed by atoms with Crippen molar-refractivity contribution in [2.24, 2.45) is 11.8 Å². The van der Waals surface area contributed by atoms with Gasteiger partial charge in [0, 0.05) is 17.0 Å². The lowest BCUT2D eigenvalue weighted by Crippen LogP contribution is -2.44. The van der Waals surface area contributed by atoms with E-state index >= 15 is 0 Å². The molecule has 3 atom stereocenters. The van der Waals surface area contributed by atoms with Crippen molar-refractivity contribution in [2.45, 2.75) is 59.1 Å². The van der Waals surface area contributed by atoms with Gasteiger partial charge in [0.15, 0.2) is 0 Å². The van der Waals surface area contributed by atoms with Crippen LogP contribution >= 0.6 is 0 Å². The molecule has 0 unspecified atom stereocenters. The molecular formula is C23H25NO6. The first kappa shape index (κ1) is 20.3. The van der Waals surface area contributed by atoms with E-state index in [0.717, 1.165) is 28.9 Å². The number of nitrogens with zero attached hydrogens (tertiary/aromatic N) is 1. The highest BCUT2D eigenvalue weighted by Gasteiger charge is 2.51. The van der Waals surface area contributed by atoms with Gasteiger partial charge in [0.05, 0.1) is 11.8 Å². The first-order valence-electron chi connectivity index (χ1n) is 10.4. The standard InChI is InChI=1S/C23H25NO6/c1-12-8-18-15(10-20(25)30-19(18)9-13(12)2)11-29-23(28)14(3)24-21(26)16-6-4-5-7-17(16)22(24)27/h8-10,14,16-17H,4-7,11H2,1-3H3/t14-,16-,17+/m0/s1. The Kier molecular flexibility index (Phi) is 5.22. The monoisotopic (exact) mass is 411 g/mol. The van der Waals surface area contributed by atoms with Crippen molar-refractivity contribution in [2.75, 3.05) is 0 Å². The minimum atomic E-state index is -0.994. The third kappa shape index (κ3) is 3.42. The Morgan fingerprint density at radius 2 is 1.67 bits per heavy atom. The Balaban J connectivity index is 1.52. The lowest BCUT2D eigenvalue weighted by Gasteiger charge is -2.21. The maximum atomic E-state index is 12.7. The van der Waals surface area contributed by atoms with Crippen LogP contribution in [0.25, 0.3) is 11.0 Å². The summed E-state index contributed by atoms with van der Waals surface area (Å²) in [5.74, 6) is -1.83. The fraction of sp³-hybridized carbons (Fsp3) is 0.478. The Hall–Kier alpha value is -2.96. The van der Waals surface area contributed by atoms with Crippen LogP contribution < -0.4 is 5.63 Å². The molecule has 1 saturated carbocycles. The van der Waals surface area contributed by atoms with Gasteiger partial charge in [-0.15, -0.1) is 0 Å². The molecule has 0 N–H and O–H groups in total. The Labute approximate surface area is 174 Å². The van der Waals surface area contributed by atoms with Gasteiger partial charge in [-0.05, 0) is 56.9 Å². The second-order valence-corrected chi connectivity index (χ2v) is 8.35. The van der Waals surface area contributed by atoms with Crippen LogP contribution in [-0.2, 0) is 25.7 Å². The molecule has 7 nitrogen and oxygen atoms in total. The molecule has 1 aliphatic heterocycles. The molecule has 2 heterocycles. The first-order chi connectivity index (χ1) is 14.3. The summed E-state index contributed by atoms with van der Waals surface area (Å²) in [7, 11) is 0. The van der Waals surface area contributed by atoms with Gasteiger partial charge < -0.3 is 9.15 Å². The number of carbonyl (C=O) groups excluding carboxylic acids is 3. The highest BCUT2D eigenvalue weighted by Crippen LogP contribution is 2.39. The van der Waals surface area contributed by atoms with Crippen molar-refractivity contribution in [1.29, 1.82) is 0 Å². The summed E-state index contributed by atoms with van der Waals surface area (Å²) in [5, 5.41) is 0.692. The number of fused-ring (bicyclic) bond motifs is 2. The van der Waals surface area contributed by atoms with Gasteiger partial charge in [-0.2, -0.15) is 0 Å². The van der Waals surface area contributed by atoms with Gasteiger partial charge in [0.2, 0.25) is 11.8 Å². The largest absolute Gasteiger partial charge is 0.459 e. The summed E-state index contributed by atoms with van der Waals surface area (Å²) < 4.78 is 10.7. The van der Waals surface area contributed by atoms with Crippen LogP contribution in [0.2, 0.25) is 0 Å². The number of amides is 2. The molecule has 1 aliphatic carbocycles. The number of hydrogen-bond donors (Lipinski definition) is 0. The van der Waals surface area contributed by atoms with E-state index < -0.39 is 17.6 Å². The quantitative estimate of drug-likeness (QED) is 0.436. The van der Waals surface area contributed by atoms with Crippen molar-refractivity contribution in [3.8, 4) is 0 Å². The molecule has 0 bridgehead atoms. The van der Waals surface area contributed by atoms with E-state index in [1.807, 2.05) is 19.9 Å². The molecule has 2 amide bonds. The van der Waals surface area contributed by atoms with E-state index in [9.17, 15) is 19.2 Å². The molecule has 158 valence electrons. The van der Waals surface area contributed by atoms with Gasteiger partial charge in [0.1, 0.15) is 18.2 Å². The maximum Gasteiger partial charge on any atom is 0.336 e. The molecule has 0 radical (unpaired) electrons. The number of esters is 1. The number of carbonyl (C=O) groups is 3. The smallest absolute Gasteiger partial charge is 0.336 e. The van der Waals surface area contributed by atoms with E-state index in [2.05, 4.69) is 0 Å². The highest BCUT2D eigenvalue weighted by molar-refractivity contribution is 6.07. The van der Waals surface area contributed by atoms with Crippen LogP contribution in [0.1, 0.15) is 49.3 Å². The number of imide groups is 1. The molecule has 2 aromatic rings. The van der Waals surface area contributed by atoms with E-state index in [1.54, 1.807) is 6.07 Å². The SMILES string of the molecule is Cc1cc2oc(=O)cc(COC(=O)[C@H](C)N3C(=O)[C@H]4CCCC[C@H]4C3=O)c2cc1C. The van der Waals surface area contributed by atoms with Gasteiger partial charge in [-0.3, -0.25) is 14.5 Å². The average Bonchev–Trinajstić information content (AvgIpc) is 2.97. The molecule has 1 aromatic heterocycles. The fourth-order valence-corrected chi connectivity index (χ4v) is 4.55. The molecule has 4 rings (SSSR count). The fourth-order valence-electron chi connectivity index (χ4n) is 4.55. The van der Waals surface area contributed by atoms with Crippen LogP contribution in [0.15, 0.2) is 27.4 Å². The molecule has 2 aliphatic rings. The lowest BCUT2D eigenvalue weighted by molar-refractivity contribution is -0.159. The van der Waals surface area contributed by atoms with Crippen LogP contribution in [0.5, 0.6) is 0 Å². The molecule has 1 saturated heterocycles. The average molecular weight is 411 g/mol. The third-order valence-corrected chi connectivity index (χ3v) is 6.42. The summed E-state index contributed by atoms with van der Waals surface area (Å²) in [4.78, 5) is 51.1. The van der Waals surface area contributed by atoms with Crippen molar-refractivity contribution < 1.29 is 23.5 Å². The van der Waals surface area contributed by atoms with Gasteiger partial charge in [-0.1, -0.05) is 12.8 Å². The number of benzene rings is 1. The minimum absolute atomic E-state index is 0.142. The van der Waals surface area contributed by atoms with Crippen molar-refractivity contribution in [1.82, 2.24) is 4.90 Å². The van der Waals surface area contributed by atoms with Crippen LogP contribution in [0, 0.1) is 25.7 Å². The van der Waals surface area contributed by atoms with Gasteiger partial charge >= 0.3 is 11.6 Å². The predicted octanol–water partition coefficient (Wildman–Crippen LogP) is 3.02. The van der Waals surface area contributed by atoms with Crippen molar-refractivity contribution in [3.63, 3.8) is 0 Å². The van der Waals surface area contributed by atoms with E-state index in [0.29, 0.717) is 29.4 Å². The number of ether oxygens (including phenoxy) is 1. The summed E-state index contributed by atoms with van der Waals surface area (Å²) in [6.45, 7) is 5.24. The third-order valence-electron chi connectivity index (χ3n) is 6.42. The maximum absolute atomic E-state index is 12.7. The summed E-state index contributed by atoms with van der Waals surface area (Å²) >= 11 is 0. The zero-order valence-corrected chi connectivity index (χ0v) is 17.4. The summed E-state index contributed by atoms with van der Waals surface area (Å²) in [6, 6.07) is 3.98. The normalized spacial score (nSPS) is 22.3. The molecule has 2 fully saturated rings. The molecule has 1 aromatic carbocycles. The van der Waals surface area contributed by atoms with Gasteiger partial charge in [0.25, 0.3) is 0 Å². The second-order valence-electron chi connectivity index (χ2n) is 8.35. The van der Waals surface area contributed by atoms with Crippen molar-refractivity contribution >= 4 is 28.8 Å². The number of rotatable bonds is 4. The molecular weight excluding hydrogens is 386 g/mol. The van der Waals surface area contributed by atoms with Crippen LogP contribution in [0.4, 0.5) is 0 Å². The summed E-state index contributed by atoms with van der Waals surface area (Å²) in [6.07, 6.45) is 3.24. The lowest BCUT2D eigenvalue weighted by atomic mass is 9.81. The Morgan fingerprint density at radius 1 is 1.07 bits per heavy atom. The summed E-state index contributed by atoms with van der Waals surface area (Å²) in [5.41, 5.74) is 2.43. The Morgan fingerprint density at radius 3 is 2.30 bits per heavy atom. The van der Waals surface area contributed by atoms with E-state index in [-0.39, 0.29) is 30.3 Å². The predicted molar refractivity (Wildman–Crippen MR) is 109 cm³/mol. The Bertz CT molecular complexity index is 1080. The minimum Gasteiger partial charge on any atom is -0.459 e. The van der Waals surface area contributed by atoms with E-state index in [1.165, 1.54) is 13.0 Å². The zero-order chi connectivity index (χ0) is 21.6.